The van der Waals surface area contributed by atoms with E-state index in [0.717, 1.165) is 23.0 Å². The minimum Gasteiger partial charge on any atom is -0.453 e. The predicted molar refractivity (Wildman–Crippen MR) is 164 cm³/mol. The van der Waals surface area contributed by atoms with Gasteiger partial charge in [0.1, 0.15) is 22.3 Å². The van der Waals surface area contributed by atoms with Crippen LogP contribution in [-0.4, -0.2) is 61.6 Å². The summed E-state index contributed by atoms with van der Waals surface area (Å²) >= 11 is 1.36. The Morgan fingerprint density at radius 3 is 2.70 bits per heavy atom. The molecule has 0 unspecified atom stereocenters. The van der Waals surface area contributed by atoms with Crippen molar-refractivity contribution in [1.29, 1.82) is 0 Å². The number of hydrogen-bond donors (Lipinski definition) is 3. The number of fused-ring (bicyclic) bond motifs is 1. The summed E-state index contributed by atoms with van der Waals surface area (Å²) < 4.78 is 45.3. The topological polar surface area (TPSA) is 145 Å². The van der Waals surface area contributed by atoms with Crippen LogP contribution in [-0.2, 0) is 22.1 Å². The average Bonchev–Trinajstić information content (AvgIpc) is 3.72. The first-order valence-corrected chi connectivity index (χ1v) is 15.0. The van der Waals surface area contributed by atoms with E-state index >= 15 is 0 Å². The van der Waals surface area contributed by atoms with E-state index in [1.807, 2.05) is 12.1 Å². The Bertz CT molecular complexity index is 1860. The number of carbonyl (C=O) groups excluding carboxylic acids is 1. The molecule has 4 aromatic rings. The number of ether oxygens (including phenoxy) is 2. The van der Waals surface area contributed by atoms with Gasteiger partial charge in [0, 0.05) is 48.6 Å². The molecule has 2 aliphatic rings. The van der Waals surface area contributed by atoms with E-state index in [0.29, 0.717) is 52.4 Å². The van der Waals surface area contributed by atoms with Gasteiger partial charge in [-0.3, -0.25) is 9.13 Å². The number of anilines is 2. The van der Waals surface area contributed by atoms with Crippen molar-refractivity contribution in [3.8, 4) is 10.7 Å². The van der Waals surface area contributed by atoms with E-state index in [1.54, 1.807) is 26.1 Å². The maximum Gasteiger partial charge on any atom is 0.407 e. The standard InChI is InChI=1S/C30H37N7O5S/c1-30(2,40)24-16-32-27(43-24)21-11-18(17-7-9-42-10-8-17)12-26(34-21)35-25-14-22-23(15-31-25)36(3)29(39)37(22)20-6-5-19(13-20)33-28(38)41-4/h11-12,14-17,19-20,40H,5-10,13H2,1-4H3,(H,33,38)(H,31,34,35)/t19-,20-/m1/s1/i3D3,19D. The van der Waals surface area contributed by atoms with Crippen LogP contribution in [0.15, 0.2) is 35.4 Å². The molecule has 43 heavy (non-hydrogen) atoms. The molecule has 2 fully saturated rings. The van der Waals surface area contributed by atoms with Gasteiger partial charge in [0.2, 0.25) is 0 Å². The second-order valence-corrected chi connectivity index (χ2v) is 12.5. The number of hydrogen-bond acceptors (Lipinski definition) is 10. The number of rotatable bonds is 7. The molecule has 13 heteroatoms. The molecule has 0 aromatic carbocycles. The maximum atomic E-state index is 13.7. The lowest BCUT2D eigenvalue weighted by atomic mass is 9.92. The number of methoxy groups -OCH3 is 1. The number of amides is 1. The van der Waals surface area contributed by atoms with Crippen molar-refractivity contribution >= 4 is 40.1 Å². The summed E-state index contributed by atoms with van der Waals surface area (Å²) in [5.41, 5.74) is 0.313. The third-order valence-electron chi connectivity index (χ3n) is 7.97. The zero-order chi connectivity index (χ0) is 33.7. The van der Waals surface area contributed by atoms with Gasteiger partial charge in [0.25, 0.3) is 0 Å². The summed E-state index contributed by atoms with van der Waals surface area (Å²) in [6.07, 6.45) is 4.61. The first-order valence-electron chi connectivity index (χ1n) is 16.2. The summed E-state index contributed by atoms with van der Waals surface area (Å²) in [6, 6.07) is 3.62. The summed E-state index contributed by atoms with van der Waals surface area (Å²) in [5, 5.41) is 16.9. The first-order chi connectivity index (χ1) is 22.1. The van der Waals surface area contributed by atoms with E-state index in [4.69, 9.17) is 15.2 Å². The van der Waals surface area contributed by atoms with Gasteiger partial charge in [0.05, 0.1) is 36.2 Å². The number of nitrogens with zero attached hydrogens (tertiary/aromatic N) is 5. The highest BCUT2D eigenvalue weighted by Gasteiger charge is 2.30. The van der Waals surface area contributed by atoms with Gasteiger partial charge in [-0.1, -0.05) is 0 Å². The molecule has 0 spiro atoms. The van der Waals surface area contributed by atoms with Gasteiger partial charge in [-0.15, -0.1) is 11.3 Å². The molecule has 0 radical (unpaired) electrons. The number of aryl methyl sites for hydroxylation is 1. The van der Waals surface area contributed by atoms with Crippen molar-refractivity contribution in [2.75, 3.05) is 25.6 Å². The number of alkyl carbamates (subject to hydrolysis) is 1. The highest BCUT2D eigenvalue weighted by Crippen LogP contribution is 2.36. The molecule has 12 nitrogen and oxygen atoms in total. The van der Waals surface area contributed by atoms with Gasteiger partial charge in [0.15, 0.2) is 0 Å². The zero-order valence-corrected chi connectivity index (χ0v) is 25.0. The lowest BCUT2D eigenvalue weighted by Gasteiger charge is -2.23. The summed E-state index contributed by atoms with van der Waals surface area (Å²) in [6.45, 7) is 1.93. The third-order valence-corrected chi connectivity index (χ3v) is 9.31. The molecule has 5 heterocycles. The van der Waals surface area contributed by atoms with Crippen molar-refractivity contribution in [3.05, 3.63) is 51.5 Å². The predicted octanol–water partition coefficient (Wildman–Crippen LogP) is 4.57. The monoisotopic (exact) mass is 611 g/mol. The Hall–Kier alpha value is -3.81. The Balaban J connectivity index is 1.40. The third kappa shape index (κ3) is 6.01. The van der Waals surface area contributed by atoms with Gasteiger partial charge < -0.3 is 25.2 Å². The Kier molecular flexibility index (Phi) is 6.70. The molecule has 2 atom stereocenters. The van der Waals surface area contributed by atoms with Crippen LogP contribution in [0.3, 0.4) is 0 Å². The first kappa shape index (κ1) is 24.6. The number of imidazole rings is 1. The number of pyridine rings is 2. The van der Waals surface area contributed by atoms with Crippen molar-refractivity contribution < 1.29 is 24.9 Å². The van der Waals surface area contributed by atoms with Gasteiger partial charge in [-0.05, 0) is 69.6 Å². The summed E-state index contributed by atoms with van der Waals surface area (Å²) in [4.78, 5) is 40.1. The molecule has 1 aliphatic carbocycles. The van der Waals surface area contributed by atoms with Crippen molar-refractivity contribution in [2.45, 2.75) is 69.5 Å². The SMILES string of the molecule is [2H]C([2H])([2H])n1c(=O)n([C@@H]2CC[C@@]([2H])(NC(=O)OC)C2)c2cc(Nc3cc(C4CCOCC4)cc(-c4ncc(C(C)(C)O)s4)n3)ncc21. The summed E-state index contributed by atoms with van der Waals surface area (Å²) in [7, 11) is 1.21. The Morgan fingerprint density at radius 1 is 1.16 bits per heavy atom. The molecular weight excluding hydrogens is 570 g/mol. The van der Waals surface area contributed by atoms with Crippen LogP contribution in [0.1, 0.15) is 73.8 Å². The quantitative estimate of drug-likeness (QED) is 0.274. The minimum absolute atomic E-state index is 0.0751. The second kappa shape index (κ2) is 11.7. The Labute approximate surface area is 258 Å². The van der Waals surface area contributed by atoms with Crippen molar-refractivity contribution in [1.82, 2.24) is 29.4 Å². The van der Waals surface area contributed by atoms with E-state index in [9.17, 15) is 14.7 Å². The van der Waals surface area contributed by atoms with Crippen LogP contribution < -0.4 is 16.3 Å². The van der Waals surface area contributed by atoms with Gasteiger partial charge in [-0.2, -0.15) is 0 Å². The molecule has 1 saturated carbocycles. The molecule has 4 aromatic heterocycles. The lowest BCUT2D eigenvalue weighted by molar-refractivity contribution is 0.0823. The fourth-order valence-electron chi connectivity index (χ4n) is 5.70. The number of aliphatic hydroxyl groups is 1. The van der Waals surface area contributed by atoms with Crippen LogP contribution in [0, 0.1) is 0 Å². The number of thiazole rings is 1. The van der Waals surface area contributed by atoms with E-state index in [1.165, 1.54) is 29.2 Å². The van der Waals surface area contributed by atoms with Crippen LogP contribution in [0.2, 0.25) is 0 Å². The fraction of sp³-hybridized carbons (Fsp3) is 0.500. The lowest BCUT2D eigenvalue weighted by Crippen LogP contribution is -2.33. The van der Waals surface area contributed by atoms with E-state index < -0.39 is 36.4 Å². The number of carbonyl (C=O) groups is 1. The van der Waals surface area contributed by atoms with Crippen molar-refractivity contribution in [2.24, 2.45) is 6.98 Å². The van der Waals surface area contributed by atoms with Crippen LogP contribution in [0.5, 0.6) is 0 Å². The largest absolute Gasteiger partial charge is 0.453 e. The molecule has 6 rings (SSSR count). The number of aromatic nitrogens is 5. The Morgan fingerprint density at radius 2 is 1.98 bits per heavy atom. The van der Waals surface area contributed by atoms with E-state index in [-0.39, 0.29) is 24.3 Å². The molecule has 1 amide bonds. The summed E-state index contributed by atoms with van der Waals surface area (Å²) in [5.74, 6) is 1.05. The average molecular weight is 612 g/mol. The second-order valence-electron chi connectivity index (χ2n) is 11.4. The normalized spacial score (nSPS) is 22.9. The maximum absolute atomic E-state index is 13.7. The molecule has 3 N–H and O–H groups in total. The fourth-order valence-corrected chi connectivity index (χ4v) is 6.57. The smallest absolute Gasteiger partial charge is 0.407 e. The molecular formula is C30H37N7O5S. The highest BCUT2D eigenvalue weighted by atomic mass is 32.1. The zero-order valence-electron chi connectivity index (χ0n) is 28.2. The van der Waals surface area contributed by atoms with Gasteiger partial charge in [-0.25, -0.2) is 24.5 Å². The van der Waals surface area contributed by atoms with Gasteiger partial charge >= 0.3 is 11.8 Å². The van der Waals surface area contributed by atoms with Crippen LogP contribution in [0.4, 0.5) is 16.4 Å². The van der Waals surface area contributed by atoms with Crippen LogP contribution >= 0.6 is 11.3 Å². The highest BCUT2D eigenvalue weighted by molar-refractivity contribution is 7.15. The molecule has 1 aliphatic heterocycles. The molecule has 0 bridgehead atoms. The molecule has 228 valence electrons. The molecule has 1 saturated heterocycles. The van der Waals surface area contributed by atoms with Crippen molar-refractivity contribution in [3.63, 3.8) is 0 Å². The minimum atomic E-state index is -2.78. The van der Waals surface area contributed by atoms with E-state index in [2.05, 4.69) is 25.3 Å². The van der Waals surface area contributed by atoms with Crippen LogP contribution in [0.25, 0.3) is 21.7 Å². The number of nitrogens with one attached hydrogen (secondary N) is 2.